The molecule has 0 aliphatic carbocycles. The lowest BCUT2D eigenvalue weighted by Gasteiger charge is -2.07. The molecule has 0 fully saturated rings. The van der Waals surface area contributed by atoms with Crippen molar-refractivity contribution in [3.05, 3.63) is 15.3 Å². The summed E-state index contributed by atoms with van der Waals surface area (Å²) < 4.78 is 47.0. The first-order valence-corrected chi connectivity index (χ1v) is 6.81. The Morgan fingerprint density at radius 1 is 1.53 bits per heavy atom. The number of nitrogens with two attached hydrogens (primary N) is 1. The molecule has 1 rings (SSSR count). The highest BCUT2D eigenvalue weighted by Gasteiger charge is 2.24. The van der Waals surface area contributed by atoms with Crippen molar-refractivity contribution in [2.75, 3.05) is 5.73 Å². The molecule has 9 heteroatoms. The molecule has 0 aromatic carbocycles. The van der Waals surface area contributed by atoms with Crippen LogP contribution < -0.4 is 5.73 Å². The van der Waals surface area contributed by atoms with E-state index in [4.69, 9.17) is 16.4 Å². The second-order valence-corrected chi connectivity index (χ2v) is 6.17. The van der Waals surface area contributed by atoms with Crippen molar-refractivity contribution in [1.29, 1.82) is 0 Å². The number of hydrogen-bond acceptors (Lipinski definition) is 4. The third-order valence-electron chi connectivity index (χ3n) is 1.47. The van der Waals surface area contributed by atoms with Gasteiger partial charge in [-0.2, -0.15) is 0 Å². The van der Waals surface area contributed by atoms with Gasteiger partial charge in [0, 0.05) is 10.7 Å². The predicted molar refractivity (Wildman–Crippen MR) is 59.4 cm³/mol. The van der Waals surface area contributed by atoms with E-state index in [0.717, 1.165) is 6.07 Å². The fourth-order valence-electron chi connectivity index (χ4n) is 0.853. The van der Waals surface area contributed by atoms with Crippen molar-refractivity contribution in [2.24, 2.45) is 0 Å². The van der Waals surface area contributed by atoms with Crippen molar-refractivity contribution in [2.45, 2.75) is 11.3 Å². The lowest BCUT2D eigenvalue weighted by atomic mass is 10.3. The minimum Gasteiger partial charge on any atom is -0.383 e. The number of nitrogen functional groups attached to an aromatic ring is 1. The van der Waals surface area contributed by atoms with Gasteiger partial charge in [0.25, 0.3) is 15.5 Å². The van der Waals surface area contributed by atoms with Crippen LogP contribution in [0.25, 0.3) is 0 Å². The summed E-state index contributed by atoms with van der Waals surface area (Å²) in [6, 6.07) is 0.965. The molecule has 4 nitrogen and oxygen atoms in total. The van der Waals surface area contributed by atoms with Gasteiger partial charge in [0.05, 0.1) is 3.57 Å². The lowest BCUT2D eigenvalue weighted by Crippen LogP contribution is -2.06. The van der Waals surface area contributed by atoms with E-state index in [0.29, 0.717) is 0 Å². The Hall–Kier alpha value is -0.220. The first-order valence-electron chi connectivity index (χ1n) is 3.42. The summed E-state index contributed by atoms with van der Waals surface area (Å²) in [6.45, 7) is 0. The third kappa shape index (κ3) is 2.88. The van der Waals surface area contributed by atoms with Crippen LogP contribution >= 0.6 is 33.3 Å². The predicted octanol–water partition coefficient (Wildman–Crippen LogP) is 2.13. The molecular weight excluding hydrogens is 364 g/mol. The van der Waals surface area contributed by atoms with Gasteiger partial charge in [-0.1, -0.05) is 0 Å². The van der Waals surface area contributed by atoms with E-state index in [9.17, 15) is 17.2 Å². The maximum absolute atomic E-state index is 12.4. The zero-order valence-corrected chi connectivity index (χ0v) is 10.6. The number of rotatable bonds is 2. The van der Waals surface area contributed by atoms with E-state index in [1.165, 1.54) is 0 Å². The fraction of sp³-hybridized carbons (Fsp3) is 0.167. The molecule has 1 aromatic rings. The van der Waals surface area contributed by atoms with Crippen molar-refractivity contribution in [1.82, 2.24) is 4.98 Å². The standard InChI is InChI=1S/C6H4ClF2IN2O2S/c7-15(13,14)3-1-2(10)6(11)12-4(3)5(8)9/h1,5H,(H2,11,12). The molecular formula is C6H4ClF2IN2O2S. The van der Waals surface area contributed by atoms with Crippen LogP contribution in [-0.2, 0) is 9.05 Å². The second-order valence-electron chi connectivity index (χ2n) is 2.48. The molecule has 84 valence electrons. The topological polar surface area (TPSA) is 73.0 Å². The van der Waals surface area contributed by atoms with Gasteiger partial charge in [0.1, 0.15) is 16.4 Å². The number of alkyl halides is 2. The molecule has 0 saturated carbocycles. The second kappa shape index (κ2) is 4.34. The maximum atomic E-state index is 12.4. The van der Waals surface area contributed by atoms with E-state index in [1.807, 2.05) is 0 Å². The minimum atomic E-state index is -4.25. The Kier molecular flexibility index (Phi) is 3.71. The van der Waals surface area contributed by atoms with Crippen molar-refractivity contribution < 1.29 is 17.2 Å². The highest BCUT2D eigenvalue weighted by Crippen LogP contribution is 2.30. The number of nitrogens with zero attached hydrogens (tertiary/aromatic N) is 1. The van der Waals surface area contributed by atoms with E-state index in [1.54, 1.807) is 22.6 Å². The maximum Gasteiger partial charge on any atom is 0.281 e. The van der Waals surface area contributed by atoms with Gasteiger partial charge < -0.3 is 5.73 Å². The zero-order chi connectivity index (χ0) is 11.8. The van der Waals surface area contributed by atoms with Crippen LogP contribution in [-0.4, -0.2) is 13.4 Å². The molecule has 2 N–H and O–H groups in total. The first-order chi connectivity index (χ1) is 6.73. The van der Waals surface area contributed by atoms with Crippen molar-refractivity contribution >= 4 is 48.1 Å². The molecule has 0 bridgehead atoms. The van der Waals surface area contributed by atoms with Gasteiger partial charge in [0.15, 0.2) is 0 Å². The molecule has 0 saturated heterocycles. The summed E-state index contributed by atoms with van der Waals surface area (Å²) in [6.07, 6.45) is -3.05. The Bertz CT molecular complexity index is 494. The zero-order valence-electron chi connectivity index (χ0n) is 6.92. The molecule has 0 amide bonds. The van der Waals surface area contributed by atoms with Crippen molar-refractivity contribution in [3.8, 4) is 0 Å². The lowest BCUT2D eigenvalue weighted by molar-refractivity contribution is 0.142. The quantitative estimate of drug-likeness (QED) is 0.641. The Labute approximate surface area is 102 Å². The summed E-state index contributed by atoms with van der Waals surface area (Å²) in [4.78, 5) is 2.58. The van der Waals surface area contributed by atoms with Gasteiger partial charge in [-0.25, -0.2) is 22.2 Å². The number of hydrogen-bond donors (Lipinski definition) is 1. The van der Waals surface area contributed by atoms with E-state index in [2.05, 4.69) is 4.98 Å². The molecule has 0 atom stereocenters. The molecule has 15 heavy (non-hydrogen) atoms. The number of halogens is 4. The third-order valence-corrected chi connectivity index (χ3v) is 3.68. The van der Waals surface area contributed by atoms with Crippen molar-refractivity contribution in [3.63, 3.8) is 0 Å². The summed E-state index contributed by atoms with van der Waals surface area (Å²) in [5.41, 5.74) is 4.35. The normalized spacial score (nSPS) is 12.1. The SMILES string of the molecule is Nc1nc(C(F)F)c(S(=O)(=O)Cl)cc1I. The number of anilines is 1. The van der Waals surface area contributed by atoms with Gasteiger partial charge >= 0.3 is 0 Å². The highest BCUT2D eigenvalue weighted by atomic mass is 127. The van der Waals surface area contributed by atoms with Crippen LogP contribution in [0.4, 0.5) is 14.6 Å². The monoisotopic (exact) mass is 368 g/mol. The summed E-state index contributed by atoms with van der Waals surface area (Å²) >= 11 is 1.67. The molecule has 0 spiro atoms. The van der Waals surface area contributed by atoms with Gasteiger partial charge in [-0.3, -0.25) is 0 Å². The molecule has 0 aliphatic rings. The summed E-state index contributed by atoms with van der Waals surface area (Å²) in [5, 5.41) is 0. The fourth-order valence-corrected chi connectivity index (χ4v) is 2.51. The Morgan fingerprint density at radius 2 is 2.07 bits per heavy atom. The molecule has 0 radical (unpaired) electrons. The first kappa shape index (κ1) is 12.8. The van der Waals surface area contributed by atoms with Crippen LogP contribution in [0.3, 0.4) is 0 Å². The largest absolute Gasteiger partial charge is 0.383 e. The van der Waals surface area contributed by atoms with Crippen LogP contribution in [0.15, 0.2) is 11.0 Å². The molecule has 0 unspecified atom stereocenters. The molecule has 1 aromatic heterocycles. The highest BCUT2D eigenvalue weighted by molar-refractivity contribution is 14.1. The molecule has 0 aliphatic heterocycles. The van der Waals surface area contributed by atoms with Gasteiger partial charge in [-0.15, -0.1) is 0 Å². The average Bonchev–Trinajstić information content (AvgIpc) is 2.06. The van der Waals surface area contributed by atoms with E-state index in [-0.39, 0.29) is 9.39 Å². The van der Waals surface area contributed by atoms with Gasteiger partial charge in [-0.05, 0) is 28.7 Å². The summed E-state index contributed by atoms with van der Waals surface area (Å²) in [7, 11) is 0.738. The van der Waals surface area contributed by atoms with Crippen LogP contribution in [0.2, 0.25) is 0 Å². The summed E-state index contributed by atoms with van der Waals surface area (Å²) in [5.74, 6) is -0.157. The number of pyridine rings is 1. The minimum absolute atomic E-state index is 0.157. The smallest absolute Gasteiger partial charge is 0.281 e. The molecule has 1 heterocycles. The van der Waals surface area contributed by atoms with E-state index >= 15 is 0 Å². The van der Waals surface area contributed by atoms with Crippen LogP contribution in [0, 0.1) is 3.57 Å². The van der Waals surface area contributed by atoms with Gasteiger partial charge in [0.2, 0.25) is 0 Å². The van der Waals surface area contributed by atoms with Crippen LogP contribution in [0.1, 0.15) is 12.1 Å². The Morgan fingerprint density at radius 3 is 2.47 bits per heavy atom. The number of aromatic nitrogens is 1. The van der Waals surface area contributed by atoms with Crippen LogP contribution in [0.5, 0.6) is 0 Å². The Balaban J connectivity index is 3.56. The van der Waals surface area contributed by atoms with E-state index < -0.39 is 26.1 Å². The average molecular weight is 369 g/mol.